The van der Waals surface area contributed by atoms with Crippen molar-refractivity contribution in [3.8, 4) is 0 Å². The quantitative estimate of drug-likeness (QED) is 0.0476. The van der Waals surface area contributed by atoms with Gasteiger partial charge in [-0.15, -0.1) is 0 Å². The molecule has 0 saturated heterocycles. The number of Topliss-reactive ketones (excluding diaryl/α,β-unsaturated/α-hetero) is 1. The molecule has 5 aromatic carbocycles. The molecule has 0 saturated carbocycles. The number of halogens is 24. The summed E-state index contributed by atoms with van der Waals surface area (Å²) in [6.07, 6.45) is -48.3. The minimum atomic E-state index is -6.13. The van der Waals surface area contributed by atoms with Crippen molar-refractivity contribution in [2.45, 2.75) is 75.9 Å². The summed E-state index contributed by atoms with van der Waals surface area (Å²) in [4.78, 5) is 27.7. The Morgan fingerprint density at radius 3 is 0.859 bits per heavy atom. The minimum absolute atomic E-state index is 0.0324. The van der Waals surface area contributed by atoms with Crippen molar-refractivity contribution in [3.05, 3.63) is 177 Å². The lowest BCUT2D eigenvalue weighted by Crippen LogP contribution is -2.75. The van der Waals surface area contributed by atoms with Crippen molar-refractivity contribution in [1.82, 2.24) is 4.98 Å². The van der Waals surface area contributed by atoms with Crippen LogP contribution in [0.3, 0.4) is 0 Å². The van der Waals surface area contributed by atoms with Gasteiger partial charge in [0.1, 0.15) is 6.15 Å². The van der Waals surface area contributed by atoms with Crippen LogP contribution in [0.4, 0.5) is 105 Å². The third-order valence-electron chi connectivity index (χ3n) is 11.2. The molecule has 0 atom stereocenters. The van der Waals surface area contributed by atoms with Crippen LogP contribution in [0.15, 0.2) is 122 Å². The van der Waals surface area contributed by atoms with E-state index in [9.17, 15) is 115 Å². The monoisotopic (exact) mass is 1150 g/mol. The minimum Gasteiger partial charge on any atom is -0.459 e. The molecule has 0 amide bonds. The van der Waals surface area contributed by atoms with Crippen LogP contribution in [0.25, 0.3) is 0 Å². The number of nitrogens with zero attached hydrogens (tertiary/aromatic N) is 2. The number of ketones is 1. The van der Waals surface area contributed by atoms with E-state index in [0.717, 1.165) is 0 Å². The molecule has 0 N–H and O–H groups in total. The van der Waals surface area contributed by atoms with E-state index in [0.29, 0.717) is 11.1 Å². The molecule has 0 fully saturated rings. The first-order chi connectivity index (χ1) is 35.3. The molecule has 5 nitrogen and oxygen atoms in total. The van der Waals surface area contributed by atoms with Gasteiger partial charge in [0, 0.05) is 5.56 Å². The van der Waals surface area contributed by atoms with E-state index >= 15 is 0 Å². The number of rotatable bonds is 9. The number of carbonyl (C=O) groups is 2. The third-order valence-corrected chi connectivity index (χ3v) is 11.2. The van der Waals surface area contributed by atoms with Gasteiger partial charge in [0.25, 0.3) is 0 Å². The average molecular weight is 1150 g/mol. The summed E-state index contributed by atoms with van der Waals surface area (Å²) in [6.45, 7) is 3.82. The molecule has 0 unspecified atom stereocenters. The molecule has 30 heteroatoms. The van der Waals surface area contributed by atoms with Crippen LogP contribution in [-0.4, -0.2) is 29.0 Å². The summed E-state index contributed by atoms with van der Waals surface area (Å²) >= 11 is 0. The molecule has 0 spiro atoms. The smallest absolute Gasteiger partial charge is 0.416 e. The van der Waals surface area contributed by atoms with Crippen LogP contribution in [-0.2, 0) is 60.7 Å². The second-order valence-electron chi connectivity index (χ2n) is 17.1. The van der Waals surface area contributed by atoms with Gasteiger partial charge in [0.2, 0.25) is 12.3 Å². The second kappa shape index (κ2) is 21.5. The summed E-state index contributed by atoms with van der Waals surface area (Å²) in [5, 5.41) is 0. The lowest BCUT2D eigenvalue weighted by Gasteiger charge is -2.46. The van der Waals surface area contributed by atoms with Gasteiger partial charge in [-0.3, -0.25) is 9.78 Å². The Balaban J connectivity index is 0.000000443. The number of ether oxygens (including phenoxy) is 1. The average Bonchev–Trinajstić information content (AvgIpc) is 3.29. The molecule has 0 aliphatic heterocycles. The number of hydrogen-bond acceptors (Lipinski definition) is 4. The van der Waals surface area contributed by atoms with Gasteiger partial charge in [0.15, 0.2) is 12.4 Å². The highest BCUT2D eigenvalue weighted by molar-refractivity contribution is 7.20. The summed E-state index contributed by atoms with van der Waals surface area (Å²) in [5.74, 6) is -0.414. The predicted molar refractivity (Wildman–Crippen MR) is 226 cm³/mol. The first-order valence-corrected chi connectivity index (χ1v) is 21.3. The Hall–Kier alpha value is -7.30. The first-order valence-electron chi connectivity index (χ1n) is 21.3. The fraction of sp³-hybridized carbons (Fsp3) is 0.250. The first kappa shape index (κ1) is 61.6. The van der Waals surface area contributed by atoms with Crippen molar-refractivity contribution in [2.24, 2.45) is 0 Å². The molecule has 0 radical (unpaired) electrons. The van der Waals surface area contributed by atoms with Crippen LogP contribution in [0.1, 0.15) is 79.1 Å². The Kier molecular flexibility index (Phi) is 17.0. The van der Waals surface area contributed by atoms with Crippen molar-refractivity contribution in [1.29, 1.82) is 0 Å². The van der Waals surface area contributed by atoms with Gasteiger partial charge in [-0.05, 0) is 50.2 Å². The van der Waals surface area contributed by atoms with Crippen LogP contribution >= 0.6 is 0 Å². The third kappa shape index (κ3) is 14.6. The molecule has 420 valence electrons. The molecule has 6 aromatic rings. The van der Waals surface area contributed by atoms with Gasteiger partial charge >= 0.3 is 55.4 Å². The van der Waals surface area contributed by atoms with Crippen molar-refractivity contribution < 1.29 is 124 Å². The zero-order valence-electron chi connectivity index (χ0n) is 38.6. The van der Waals surface area contributed by atoms with Crippen molar-refractivity contribution in [3.63, 3.8) is 0 Å². The molecule has 78 heavy (non-hydrogen) atoms. The predicted octanol–water partition coefficient (Wildman–Crippen LogP) is 13.0. The SMILES string of the molecule is CC(C)OC(=O)c1ccc(C(=O)C[n+]2ccncc2)cc1.FC(F)(F)c1cc([B-](c2cc(C(F)(F)F)cc(C(F)(F)F)c2)(c2cc(C(F)(F)F)cc(C(F)(F)F)c2)c2cc(C(F)(F)F)cc(C(F)(F)F)c2)cc(C(F)(F)F)c1. The molecule has 1 heterocycles. The molecule has 0 aliphatic carbocycles. The maximum atomic E-state index is 14.2. The van der Waals surface area contributed by atoms with Gasteiger partial charge < -0.3 is 4.74 Å². The second-order valence-corrected chi connectivity index (χ2v) is 17.1. The zero-order chi connectivity index (χ0) is 59.2. The highest BCUT2D eigenvalue weighted by atomic mass is 19.4. The maximum absolute atomic E-state index is 14.2. The van der Waals surface area contributed by atoms with Crippen LogP contribution in [0.5, 0.6) is 0 Å². The van der Waals surface area contributed by atoms with Gasteiger partial charge in [0.05, 0.1) is 68.6 Å². The molecular formula is C48H29BF24N2O3. The van der Waals surface area contributed by atoms with E-state index in [4.69, 9.17) is 4.74 Å². The van der Waals surface area contributed by atoms with Crippen LogP contribution in [0.2, 0.25) is 0 Å². The molecule has 0 aliphatic rings. The zero-order valence-corrected chi connectivity index (χ0v) is 38.6. The highest BCUT2D eigenvalue weighted by Crippen LogP contribution is 2.41. The molecule has 0 bridgehead atoms. The number of carbonyl (C=O) groups excluding carboxylic acids is 2. The standard InChI is InChI=1S/C32H12BF24.C16H17N2O3/c34-25(35,36)13-1-14(26(37,38)39)6-21(5-13)33(22-7-15(27(40,41)42)2-16(8-22)28(43,44)45,23-9-17(29(46,47)48)3-18(10-23)30(49,50)51)24-11-19(31(52,53)54)4-20(12-24)32(55,56)57;1-12(2)21-16(20)14-5-3-13(4-6-14)15(19)11-18-9-7-17-8-10-18/h1-12H;3-10,12H,11H2,1-2H3/q-1;+1. The summed E-state index contributed by atoms with van der Waals surface area (Å²) in [7, 11) is 0. The van der Waals surface area contributed by atoms with Crippen LogP contribution in [0, 0.1) is 0 Å². The van der Waals surface area contributed by atoms with Gasteiger partial charge in [-0.2, -0.15) is 132 Å². The summed E-state index contributed by atoms with van der Waals surface area (Å²) in [6, 6.07) is -2.32. The number of esters is 1. The van der Waals surface area contributed by atoms with Crippen LogP contribution < -0.4 is 26.4 Å². The fourth-order valence-corrected chi connectivity index (χ4v) is 7.86. The Bertz CT molecular complexity index is 2700. The number of benzene rings is 5. The van der Waals surface area contributed by atoms with E-state index in [1.165, 1.54) is 0 Å². The molecule has 1 aromatic heterocycles. The fourth-order valence-electron chi connectivity index (χ4n) is 7.86. The lowest BCUT2D eigenvalue weighted by molar-refractivity contribution is -0.683. The van der Waals surface area contributed by atoms with E-state index < -0.39 is 195 Å². The van der Waals surface area contributed by atoms with Crippen molar-refractivity contribution >= 4 is 39.7 Å². The number of hydrogen-bond donors (Lipinski definition) is 0. The van der Waals surface area contributed by atoms with Gasteiger partial charge in [-0.1, -0.05) is 60.7 Å². The van der Waals surface area contributed by atoms with Crippen molar-refractivity contribution in [2.75, 3.05) is 0 Å². The van der Waals surface area contributed by atoms with E-state index in [1.54, 1.807) is 67.5 Å². The lowest BCUT2D eigenvalue weighted by atomic mass is 9.12. The summed E-state index contributed by atoms with van der Waals surface area (Å²) in [5.41, 5.74) is -29.2. The normalized spacial score (nSPS) is 13.3. The largest absolute Gasteiger partial charge is 0.459 e. The van der Waals surface area contributed by atoms with E-state index in [-0.39, 0.29) is 24.4 Å². The maximum Gasteiger partial charge on any atom is 0.416 e. The Morgan fingerprint density at radius 2 is 0.641 bits per heavy atom. The number of alkyl halides is 24. The van der Waals surface area contributed by atoms with Gasteiger partial charge in [-0.25, -0.2) is 4.79 Å². The summed E-state index contributed by atoms with van der Waals surface area (Å²) < 4.78 is 348. The Morgan fingerprint density at radius 1 is 0.410 bits per heavy atom. The van der Waals surface area contributed by atoms with E-state index in [1.807, 2.05) is 0 Å². The Labute approximate surface area is 422 Å². The van der Waals surface area contributed by atoms with E-state index in [2.05, 4.69) is 4.98 Å². The molecular weight excluding hydrogens is 1120 g/mol. The highest BCUT2D eigenvalue weighted by Gasteiger charge is 2.47. The number of aromatic nitrogens is 2. The molecule has 6 rings (SSSR count). The topological polar surface area (TPSA) is 60.1 Å².